The third-order valence-corrected chi connectivity index (χ3v) is 2.12. The summed E-state index contributed by atoms with van der Waals surface area (Å²) in [6, 6.07) is 11.0. The highest BCUT2D eigenvalue weighted by atomic mass is 16.3. The fourth-order valence-corrected chi connectivity index (χ4v) is 1.44. The van der Waals surface area contributed by atoms with Crippen LogP contribution in [-0.4, -0.2) is 11.5 Å². The molecule has 0 aromatic heterocycles. The molecule has 0 spiro atoms. The van der Waals surface area contributed by atoms with E-state index in [1.165, 1.54) is 0 Å². The van der Waals surface area contributed by atoms with Gasteiger partial charge in [0.05, 0.1) is 5.69 Å². The summed E-state index contributed by atoms with van der Waals surface area (Å²) in [7, 11) is 0. The minimum atomic E-state index is 0.107. The highest BCUT2D eigenvalue weighted by Crippen LogP contribution is 2.31. The summed E-state index contributed by atoms with van der Waals surface area (Å²) in [5.41, 5.74) is 0.429. The van der Waals surface area contributed by atoms with E-state index in [0.29, 0.717) is 12.1 Å². The van der Waals surface area contributed by atoms with Crippen molar-refractivity contribution in [3.8, 4) is 5.75 Å². The van der Waals surface area contributed by atoms with Crippen molar-refractivity contribution in [1.29, 1.82) is 0 Å². The summed E-state index contributed by atoms with van der Waals surface area (Å²) in [4.78, 5) is 10.2. The zero-order valence-corrected chi connectivity index (χ0v) is 7.40. The van der Waals surface area contributed by atoms with Gasteiger partial charge in [-0.15, -0.1) is 0 Å². The van der Waals surface area contributed by atoms with Crippen molar-refractivity contribution in [3.05, 3.63) is 36.4 Å². The van der Waals surface area contributed by atoms with Crippen LogP contribution in [0.5, 0.6) is 5.75 Å². The van der Waals surface area contributed by atoms with Crippen LogP contribution in [0.1, 0.15) is 0 Å². The first-order valence-electron chi connectivity index (χ1n) is 4.24. The van der Waals surface area contributed by atoms with Crippen LogP contribution < -0.4 is 5.32 Å². The van der Waals surface area contributed by atoms with E-state index in [2.05, 4.69) is 5.32 Å². The molecule has 2 aromatic carbocycles. The third kappa shape index (κ3) is 1.29. The fourth-order valence-electron chi connectivity index (χ4n) is 1.44. The van der Waals surface area contributed by atoms with Crippen molar-refractivity contribution in [1.82, 2.24) is 0 Å². The van der Waals surface area contributed by atoms with E-state index in [9.17, 15) is 9.90 Å². The molecule has 0 saturated heterocycles. The number of benzene rings is 2. The van der Waals surface area contributed by atoms with Gasteiger partial charge in [0.15, 0.2) is 0 Å². The Balaban J connectivity index is 2.68. The van der Waals surface area contributed by atoms with Crippen molar-refractivity contribution in [2.24, 2.45) is 0 Å². The molecular formula is C11H9NO2. The van der Waals surface area contributed by atoms with E-state index in [1.807, 2.05) is 24.3 Å². The van der Waals surface area contributed by atoms with E-state index >= 15 is 0 Å². The van der Waals surface area contributed by atoms with Gasteiger partial charge in [-0.05, 0) is 11.5 Å². The zero-order chi connectivity index (χ0) is 9.97. The van der Waals surface area contributed by atoms with Crippen LogP contribution in [0.4, 0.5) is 5.69 Å². The number of rotatable bonds is 2. The van der Waals surface area contributed by atoms with Gasteiger partial charge < -0.3 is 10.4 Å². The lowest BCUT2D eigenvalue weighted by Gasteiger charge is -2.05. The molecule has 0 aliphatic rings. The summed E-state index contributed by atoms with van der Waals surface area (Å²) >= 11 is 0. The molecule has 3 nitrogen and oxygen atoms in total. The first-order chi connectivity index (χ1) is 6.83. The van der Waals surface area contributed by atoms with Crippen LogP contribution in [-0.2, 0) is 4.79 Å². The Morgan fingerprint density at radius 2 is 1.93 bits per heavy atom. The molecule has 0 bridgehead atoms. The lowest BCUT2D eigenvalue weighted by atomic mass is 10.1. The Hall–Kier alpha value is -2.03. The number of carbonyl (C=O) groups excluding carboxylic acids is 1. The van der Waals surface area contributed by atoms with Gasteiger partial charge in [-0.3, -0.25) is 4.79 Å². The van der Waals surface area contributed by atoms with Crippen molar-refractivity contribution in [3.63, 3.8) is 0 Å². The van der Waals surface area contributed by atoms with E-state index in [1.54, 1.807) is 12.1 Å². The lowest BCUT2D eigenvalue weighted by molar-refractivity contribution is -0.105. The summed E-state index contributed by atoms with van der Waals surface area (Å²) in [6.45, 7) is 0. The smallest absolute Gasteiger partial charge is 0.211 e. The molecule has 0 fully saturated rings. The average Bonchev–Trinajstić information content (AvgIpc) is 2.23. The maximum atomic E-state index is 10.2. The summed E-state index contributed by atoms with van der Waals surface area (Å²) in [6.07, 6.45) is 0.545. The topological polar surface area (TPSA) is 49.3 Å². The SMILES string of the molecule is O=CNc1ccc2ccccc2c1O. The Morgan fingerprint density at radius 1 is 1.14 bits per heavy atom. The maximum absolute atomic E-state index is 10.2. The van der Waals surface area contributed by atoms with Gasteiger partial charge in [-0.2, -0.15) is 0 Å². The van der Waals surface area contributed by atoms with E-state index in [4.69, 9.17) is 0 Å². The first kappa shape index (κ1) is 8.56. The van der Waals surface area contributed by atoms with E-state index < -0.39 is 0 Å². The molecule has 0 unspecified atom stereocenters. The minimum absolute atomic E-state index is 0.107. The standard InChI is InChI=1S/C11H9NO2/c13-7-12-10-6-5-8-3-1-2-4-9(8)11(10)14/h1-7,14H,(H,12,13). The van der Waals surface area contributed by atoms with E-state index in [-0.39, 0.29) is 5.75 Å². The molecule has 0 saturated carbocycles. The van der Waals surface area contributed by atoms with Crippen molar-refractivity contribution in [2.75, 3.05) is 5.32 Å². The Morgan fingerprint density at radius 3 is 2.71 bits per heavy atom. The summed E-state index contributed by atoms with van der Waals surface area (Å²) in [5.74, 6) is 0.107. The number of anilines is 1. The summed E-state index contributed by atoms with van der Waals surface area (Å²) in [5, 5.41) is 13.9. The number of fused-ring (bicyclic) bond motifs is 1. The van der Waals surface area contributed by atoms with Gasteiger partial charge in [0.25, 0.3) is 0 Å². The van der Waals surface area contributed by atoms with Crippen molar-refractivity contribution in [2.45, 2.75) is 0 Å². The van der Waals surface area contributed by atoms with Gasteiger partial charge in [-0.25, -0.2) is 0 Å². The van der Waals surface area contributed by atoms with Crippen LogP contribution in [0, 0.1) is 0 Å². The predicted molar refractivity (Wildman–Crippen MR) is 55.3 cm³/mol. The monoisotopic (exact) mass is 187 g/mol. The molecule has 1 amide bonds. The normalized spacial score (nSPS) is 10.0. The van der Waals surface area contributed by atoms with Crippen LogP contribution in [0.25, 0.3) is 10.8 Å². The molecular weight excluding hydrogens is 178 g/mol. The minimum Gasteiger partial charge on any atom is -0.505 e. The second-order valence-corrected chi connectivity index (χ2v) is 2.95. The lowest BCUT2D eigenvalue weighted by Crippen LogP contribution is -1.93. The predicted octanol–water partition coefficient (Wildman–Crippen LogP) is 2.11. The molecule has 0 aliphatic heterocycles. The number of aromatic hydroxyl groups is 1. The molecule has 0 radical (unpaired) electrons. The van der Waals surface area contributed by atoms with Crippen molar-refractivity contribution < 1.29 is 9.90 Å². The van der Waals surface area contributed by atoms with Gasteiger partial charge in [-0.1, -0.05) is 30.3 Å². The Bertz CT molecular complexity index is 480. The number of phenols is 1. The molecule has 2 N–H and O–H groups in total. The second kappa shape index (κ2) is 3.38. The zero-order valence-electron chi connectivity index (χ0n) is 7.40. The van der Waals surface area contributed by atoms with Crippen LogP contribution >= 0.6 is 0 Å². The highest BCUT2D eigenvalue weighted by molar-refractivity contribution is 5.95. The average molecular weight is 187 g/mol. The molecule has 0 heterocycles. The van der Waals surface area contributed by atoms with Crippen LogP contribution in [0.3, 0.4) is 0 Å². The molecule has 3 heteroatoms. The quantitative estimate of drug-likeness (QED) is 0.558. The highest BCUT2D eigenvalue weighted by Gasteiger charge is 2.03. The van der Waals surface area contributed by atoms with Gasteiger partial charge in [0, 0.05) is 5.39 Å². The fraction of sp³-hybridized carbons (Fsp3) is 0. The number of phenolic OH excluding ortho intramolecular Hbond substituents is 1. The molecule has 2 rings (SSSR count). The Labute approximate surface area is 81.0 Å². The molecule has 70 valence electrons. The number of amides is 1. The first-order valence-corrected chi connectivity index (χ1v) is 4.24. The van der Waals surface area contributed by atoms with Crippen LogP contribution in [0.2, 0.25) is 0 Å². The molecule has 14 heavy (non-hydrogen) atoms. The molecule has 0 aliphatic carbocycles. The number of hydrogen-bond donors (Lipinski definition) is 2. The number of nitrogens with one attached hydrogen (secondary N) is 1. The van der Waals surface area contributed by atoms with Crippen molar-refractivity contribution >= 4 is 22.9 Å². The van der Waals surface area contributed by atoms with E-state index in [0.717, 1.165) is 10.8 Å². The largest absolute Gasteiger partial charge is 0.505 e. The number of carbonyl (C=O) groups is 1. The maximum Gasteiger partial charge on any atom is 0.211 e. The van der Waals surface area contributed by atoms with Gasteiger partial charge in [0.2, 0.25) is 6.41 Å². The van der Waals surface area contributed by atoms with Crippen LogP contribution in [0.15, 0.2) is 36.4 Å². The van der Waals surface area contributed by atoms with Gasteiger partial charge >= 0.3 is 0 Å². The number of hydrogen-bond acceptors (Lipinski definition) is 2. The molecule has 2 aromatic rings. The Kier molecular flexibility index (Phi) is 2.07. The third-order valence-electron chi connectivity index (χ3n) is 2.12. The molecule has 0 atom stereocenters. The second-order valence-electron chi connectivity index (χ2n) is 2.95. The summed E-state index contributed by atoms with van der Waals surface area (Å²) < 4.78 is 0. The van der Waals surface area contributed by atoms with Gasteiger partial charge in [0.1, 0.15) is 5.75 Å².